The summed E-state index contributed by atoms with van der Waals surface area (Å²) in [7, 11) is 0. The Morgan fingerprint density at radius 3 is 1.96 bits per heavy atom. The molecule has 1 unspecified atom stereocenters. The van der Waals surface area contributed by atoms with Gasteiger partial charge in [0, 0.05) is 5.41 Å². The van der Waals surface area contributed by atoms with Crippen LogP contribution in [0.4, 0.5) is 13.2 Å². The number of hydrogen-bond donors (Lipinski definition) is 0. The summed E-state index contributed by atoms with van der Waals surface area (Å²) >= 11 is 0. The topological polar surface area (TPSA) is 52.6 Å². The highest BCUT2D eigenvalue weighted by atomic mass is 19.4. The molecule has 0 aromatic heterocycles. The van der Waals surface area contributed by atoms with Gasteiger partial charge in [-0.15, -0.1) is 0 Å². The minimum Gasteiger partial charge on any atom is -0.465 e. The van der Waals surface area contributed by atoms with Crippen molar-refractivity contribution in [2.24, 2.45) is 28.6 Å². The molecular formula is C20H29F3O4. The van der Waals surface area contributed by atoms with Crippen LogP contribution in [0.25, 0.3) is 0 Å². The summed E-state index contributed by atoms with van der Waals surface area (Å²) in [5.74, 6) is 0.388. The molecule has 27 heavy (non-hydrogen) atoms. The van der Waals surface area contributed by atoms with Crippen molar-refractivity contribution in [1.29, 1.82) is 0 Å². The van der Waals surface area contributed by atoms with Gasteiger partial charge in [-0.1, -0.05) is 6.92 Å². The monoisotopic (exact) mass is 390 g/mol. The van der Waals surface area contributed by atoms with E-state index in [0.717, 1.165) is 37.0 Å². The molecule has 7 heteroatoms. The van der Waals surface area contributed by atoms with E-state index in [1.807, 2.05) is 0 Å². The third kappa shape index (κ3) is 4.77. The van der Waals surface area contributed by atoms with Crippen LogP contribution < -0.4 is 0 Å². The van der Waals surface area contributed by atoms with Gasteiger partial charge < -0.3 is 9.47 Å². The fourth-order valence-corrected chi connectivity index (χ4v) is 5.62. The molecule has 0 saturated heterocycles. The minimum atomic E-state index is -4.61. The number of esters is 2. The van der Waals surface area contributed by atoms with Crippen molar-refractivity contribution in [3.05, 3.63) is 0 Å². The van der Waals surface area contributed by atoms with Gasteiger partial charge in [0.05, 0.1) is 12.0 Å². The first-order chi connectivity index (χ1) is 12.5. The molecule has 4 aliphatic carbocycles. The van der Waals surface area contributed by atoms with Gasteiger partial charge in [0.15, 0.2) is 0 Å². The second kappa shape index (κ2) is 7.28. The molecule has 4 nitrogen and oxygen atoms in total. The first-order valence-electron chi connectivity index (χ1n) is 9.92. The fraction of sp³-hybridized carbons (Fsp3) is 0.900. The van der Waals surface area contributed by atoms with Gasteiger partial charge in [0.1, 0.15) is 13.0 Å². The van der Waals surface area contributed by atoms with Crippen LogP contribution in [0.3, 0.4) is 0 Å². The molecule has 0 heterocycles. The Labute approximate surface area is 158 Å². The van der Waals surface area contributed by atoms with Gasteiger partial charge in [0.25, 0.3) is 0 Å². The molecule has 0 aromatic carbocycles. The lowest BCUT2D eigenvalue weighted by molar-refractivity contribution is -0.179. The predicted molar refractivity (Wildman–Crippen MR) is 91.6 cm³/mol. The zero-order valence-electron chi connectivity index (χ0n) is 16.1. The van der Waals surface area contributed by atoms with Gasteiger partial charge in [0.2, 0.25) is 0 Å². The van der Waals surface area contributed by atoms with Gasteiger partial charge in [-0.3, -0.25) is 9.59 Å². The van der Waals surface area contributed by atoms with E-state index < -0.39 is 36.6 Å². The second-order valence-electron chi connectivity index (χ2n) is 9.36. The van der Waals surface area contributed by atoms with Crippen LogP contribution in [0.1, 0.15) is 65.2 Å². The van der Waals surface area contributed by atoms with Crippen LogP contribution >= 0.6 is 0 Å². The Morgan fingerprint density at radius 2 is 1.52 bits per heavy atom. The molecule has 4 rings (SSSR count). The van der Waals surface area contributed by atoms with Crippen molar-refractivity contribution >= 4 is 11.9 Å². The largest absolute Gasteiger partial charge is 0.465 e. The van der Waals surface area contributed by atoms with E-state index in [9.17, 15) is 22.8 Å². The second-order valence-corrected chi connectivity index (χ2v) is 9.36. The fourth-order valence-electron chi connectivity index (χ4n) is 5.62. The molecule has 4 saturated carbocycles. The van der Waals surface area contributed by atoms with Gasteiger partial charge >= 0.3 is 18.1 Å². The molecular weight excluding hydrogens is 361 g/mol. The molecule has 0 amide bonds. The summed E-state index contributed by atoms with van der Waals surface area (Å²) in [5, 5.41) is 0. The summed E-state index contributed by atoms with van der Waals surface area (Å²) < 4.78 is 47.2. The summed E-state index contributed by atoms with van der Waals surface area (Å²) in [5.41, 5.74) is -1.05. The molecule has 0 aromatic rings. The lowest BCUT2D eigenvalue weighted by Crippen LogP contribution is -2.49. The smallest absolute Gasteiger partial charge is 0.399 e. The maximum atomic E-state index is 12.7. The average molecular weight is 390 g/mol. The van der Waals surface area contributed by atoms with E-state index in [-0.39, 0.29) is 5.41 Å². The summed E-state index contributed by atoms with van der Waals surface area (Å²) in [6.07, 6.45) is 1.29. The van der Waals surface area contributed by atoms with Crippen LogP contribution in [0.2, 0.25) is 0 Å². The number of alkyl halides is 3. The Hall–Kier alpha value is -1.27. The molecule has 1 atom stereocenters. The van der Waals surface area contributed by atoms with Crippen molar-refractivity contribution in [1.82, 2.24) is 0 Å². The normalized spacial score (nSPS) is 34.2. The maximum absolute atomic E-state index is 12.7. The average Bonchev–Trinajstić information content (AvgIpc) is 2.55. The highest BCUT2D eigenvalue weighted by Gasteiger charge is 2.52. The van der Waals surface area contributed by atoms with E-state index in [0.29, 0.717) is 13.0 Å². The zero-order chi connectivity index (χ0) is 19.9. The quantitative estimate of drug-likeness (QED) is 0.594. The SMILES string of the molecule is CCC(C)(COC(=O)CC(F)(F)F)C(=O)OCC12CC3CC(CC(C3)C1)C2. The minimum absolute atomic E-state index is 0.0754. The maximum Gasteiger partial charge on any atom is 0.399 e. The van der Waals surface area contributed by atoms with E-state index in [4.69, 9.17) is 9.47 Å². The molecule has 4 bridgehead atoms. The Bertz CT molecular complexity index is 551. The first-order valence-corrected chi connectivity index (χ1v) is 9.92. The molecule has 0 radical (unpaired) electrons. The Balaban J connectivity index is 1.53. The molecule has 0 spiro atoms. The Kier molecular flexibility index (Phi) is 5.52. The van der Waals surface area contributed by atoms with Gasteiger partial charge in [-0.2, -0.15) is 13.2 Å². The molecule has 154 valence electrons. The zero-order valence-corrected chi connectivity index (χ0v) is 16.1. The summed E-state index contributed by atoms with van der Waals surface area (Å²) in [4.78, 5) is 24.0. The number of carbonyl (C=O) groups is 2. The van der Waals surface area contributed by atoms with Crippen molar-refractivity contribution < 1.29 is 32.2 Å². The lowest BCUT2D eigenvalue weighted by Gasteiger charge is -2.56. The van der Waals surface area contributed by atoms with Crippen molar-refractivity contribution in [3.63, 3.8) is 0 Å². The Morgan fingerprint density at radius 1 is 1.00 bits per heavy atom. The highest BCUT2D eigenvalue weighted by Crippen LogP contribution is 2.60. The summed E-state index contributed by atoms with van der Waals surface area (Å²) in [6, 6.07) is 0. The van der Waals surface area contributed by atoms with Crippen LogP contribution in [-0.4, -0.2) is 31.3 Å². The van der Waals surface area contributed by atoms with E-state index in [1.54, 1.807) is 13.8 Å². The molecule has 4 fully saturated rings. The van der Waals surface area contributed by atoms with Crippen molar-refractivity contribution in [2.75, 3.05) is 13.2 Å². The van der Waals surface area contributed by atoms with Crippen LogP contribution in [-0.2, 0) is 19.1 Å². The molecule has 0 N–H and O–H groups in total. The highest BCUT2D eigenvalue weighted by molar-refractivity contribution is 5.77. The first kappa shape index (κ1) is 20.5. The lowest BCUT2D eigenvalue weighted by atomic mass is 9.50. The number of rotatable bonds is 7. The van der Waals surface area contributed by atoms with Crippen molar-refractivity contribution in [3.8, 4) is 0 Å². The van der Waals surface area contributed by atoms with Crippen LogP contribution in [0.5, 0.6) is 0 Å². The molecule has 0 aliphatic heterocycles. The number of ether oxygens (including phenoxy) is 2. The third-order valence-corrected chi connectivity index (χ3v) is 6.84. The van der Waals surface area contributed by atoms with Gasteiger partial charge in [-0.25, -0.2) is 0 Å². The van der Waals surface area contributed by atoms with Gasteiger partial charge in [-0.05, 0) is 69.6 Å². The standard InChI is InChI=1S/C20H29F3O4/c1-3-18(2,11-26-16(24)10-20(21,22)23)17(25)27-12-19-7-13-4-14(8-19)6-15(5-13)9-19/h13-15H,3-12H2,1-2H3. The number of carbonyl (C=O) groups excluding carboxylic acids is 2. The van der Waals surface area contributed by atoms with Crippen LogP contribution in [0, 0.1) is 28.6 Å². The van der Waals surface area contributed by atoms with Crippen LogP contribution in [0.15, 0.2) is 0 Å². The molecule has 4 aliphatic rings. The number of hydrogen-bond acceptors (Lipinski definition) is 4. The summed E-state index contributed by atoms with van der Waals surface area (Å²) in [6.45, 7) is 3.30. The van der Waals surface area contributed by atoms with E-state index >= 15 is 0 Å². The van der Waals surface area contributed by atoms with E-state index in [2.05, 4.69) is 0 Å². The third-order valence-electron chi connectivity index (χ3n) is 6.84. The van der Waals surface area contributed by atoms with E-state index in [1.165, 1.54) is 19.3 Å². The number of halogens is 3. The predicted octanol–water partition coefficient (Wildman–Crippen LogP) is 4.66. The van der Waals surface area contributed by atoms with Crippen molar-refractivity contribution in [2.45, 2.75) is 71.4 Å².